The molecule has 0 aliphatic rings. The van der Waals surface area contributed by atoms with E-state index in [1.165, 1.54) is 50.1 Å². The number of hydrogen-bond acceptors (Lipinski definition) is 0. The lowest BCUT2D eigenvalue weighted by atomic mass is 9.87. The fourth-order valence-electron chi connectivity index (χ4n) is 3.43. The normalized spacial score (nSPS) is 10.8. The Morgan fingerprint density at radius 1 is 0.565 bits per heavy atom. The Labute approximate surface area is 139 Å². The first-order chi connectivity index (χ1) is 11.0. The second-order valence-corrected chi connectivity index (χ2v) is 6.55. The molecular weight excluding hydrogens is 276 g/mol. The van der Waals surface area contributed by atoms with Gasteiger partial charge in [0.2, 0.25) is 0 Å². The highest BCUT2D eigenvalue weighted by Crippen LogP contribution is 2.36. The summed E-state index contributed by atoms with van der Waals surface area (Å²) in [5, 5.41) is 0. The van der Waals surface area contributed by atoms with E-state index in [9.17, 15) is 0 Å². The minimum atomic E-state index is 1.30. The van der Waals surface area contributed by atoms with Crippen LogP contribution >= 0.6 is 0 Å². The van der Waals surface area contributed by atoms with Crippen LogP contribution in [0, 0.1) is 34.6 Å². The van der Waals surface area contributed by atoms with E-state index in [1.54, 1.807) is 0 Å². The van der Waals surface area contributed by atoms with E-state index in [1.807, 2.05) is 0 Å². The molecular formula is C23H24. The zero-order chi connectivity index (χ0) is 16.6. The molecule has 3 aromatic carbocycles. The SMILES string of the molecule is Cc1cccc(-c2c(C)ccc(-c3cccc(C)c3C)c2C)c1. The van der Waals surface area contributed by atoms with Crippen LogP contribution in [0.2, 0.25) is 0 Å². The van der Waals surface area contributed by atoms with Crippen LogP contribution in [-0.4, -0.2) is 0 Å². The Hall–Kier alpha value is -2.34. The standard InChI is InChI=1S/C23H24/c1-15-8-6-10-20(14-15)23-17(3)12-13-22(19(23)5)21-11-7-9-16(2)18(21)4/h6-14H,1-5H3. The largest absolute Gasteiger partial charge is 0.0614 e. The van der Waals surface area contributed by atoms with E-state index < -0.39 is 0 Å². The van der Waals surface area contributed by atoms with Crippen molar-refractivity contribution in [3.8, 4) is 22.3 Å². The van der Waals surface area contributed by atoms with E-state index in [-0.39, 0.29) is 0 Å². The molecule has 0 aromatic heterocycles. The molecule has 0 aliphatic heterocycles. The molecule has 0 bridgehead atoms. The van der Waals surface area contributed by atoms with Crippen LogP contribution in [0.4, 0.5) is 0 Å². The van der Waals surface area contributed by atoms with Gasteiger partial charge in [-0.2, -0.15) is 0 Å². The van der Waals surface area contributed by atoms with Crippen molar-refractivity contribution in [1.29, 1.82) is 0 Å². The second-order valence-electron chi connectivity index (χ2n) is 6.55. The monoisotopic (exact) mass is 300 g/mol. The lowest BCUT2D eigenvalue weighted by molar-refractivity contribution is 1.31. The van der Waals surface area contributed by atoms with Gasteiger partial charge in [-0.05, 0) is 79.1 Å². The van der Waals surface area contributed by atoms with Gasteiger partial charge in [0.15, 0.2) is 0 Å². The van der Waals surface area contributed by atoms with Crippen molar-refractivity contribution in [2.24, 2.45) is 0 Å². The van der Waals surface area contributed by atoms with Gasteiger partial charge in [-0.25, -0.2) is 0 Å². The quantitative estimate of drug-likeness (QED) is 0.502. The van der Waals surface area contributed by atoms with Crippen molar-refractivity contribution in [2.45, 2.75) is 34.6 Å². The van der Waals surface area contributed by atoms with Gasteiger partial charge >= 0.3 is 0 Å². The van der Waals surface area contributed by atoms with Gasteiger partial charge < -0.3 is 0 Å². The Bertz CT molecular complexity index is 869. The fraction of sp³-hybridized carbons (Fsp3) is 0.217. The van der Waals surface area contributed by atoms with Crippen molar-refractivity contribution in [2.75, 3.05) is 0 Å². The van der Waals surface area contributed by atoms with Crippen LogP contribution in [0.5, 0.6) is 0 Å². The van der Waals surface area contributed by atoms with Crippen LogP contribution in [0.3, 0.4) is 0 Å². The summed E-state index contributed by atoms with van der Waals surface area (Å²) in [5.41, 5.74) is 12.1. The molecule has 116 valence electrons. The minimum absolute atomic E-state index is 1.30. The summed E-state index contributed by atoms with van der Waals surface area (Å²) in [7, 11) is 0. The molecule has 0 radical (unpaired) electrons. The third-order valence-electron chi connectivity index (χ3n) is 4.87. The summed E-state index contributed by atoms with van der Waals surface area (Å²) in [4.78, 5) is 0. The molecule has 0 heteroatoms. The second kappa shape index (κ2) is 6.04. The summed E-state index contributed by atoms with van der Waals surface area (Å²) in [6.07, 6.45) is 0. The third kappa shape index (κ3) is 2.82. The first-order valence-electron chi connectivity index (χ1n) is 8.23. The smallest absolute Gasteiger partial charge is 0.0119 e. The molecule has 0 N–H and O–H groups in total. The predicted octanol–water partition coefficient (Wildman–Crippen LogP) is 6.56. The van der Waals surface area contributed by atoms with Crippen molar-refractivity contribution in [3.63, 3.8) is 0 Å². The van der Waals surface area contributed by atoms with Crippen LogP contribution < -0.4 is 0 Å². The zero-order valence-corrected chi connectivity index (χ0v) is 14.7. The summed E-state index contributed by atoms with van der Waals surface area (Å²) < 4.78 is 0. The Balaban J connectivity index is 2.26. The molecule has 0 amide bonds. The predicted molar refractivity (Wildman–Crippen MR) is 101 cm³/mol. The van der Waals surface area contributed by atoms with Gasteiger partial charge in [0.25, 0.3) is 0 Å². The van der Waals surface area contributed by atoms with Gasteiger partial charge in [0.05, 0.1) is 0 Å². The summed E-state index contributed by atoms with van der Waals surface area (Å²) in [6, 6.07) is 19.9. The van der Waals surface area contributed by atoms with E-state index in [4.69, 9.17) is 0 Å². The van der Waals surface area contributed by atoms with E-state index in [0.717, 1.165) is 0 Å². The lowest BCUT2D eigenvalue weighted by Crippen LogP contribution is -1.95. The number of hydrogen-bond donors (Lipinski definition) is 0. The maximum Gasteiger partial charge on any atom is -0.0119 e. The minimum Gasteiger partial charge on any atom is -0.0614 e. The van der Waals surface area contributed by atoms with Crippen molar-refractivity contribution in [1.82, 2.24) is 0 Å². The van der Waals surface area contributed by atoms with Crippen LogP contribution in [0.25, 0.3) is 22.3 Å². The number of benzene rings is 3. The number of rotatable bonds is 2. The fourth-order valence-corrected chi connectivity index (χ4v) is 3.43. The molecule has 0 heterocycles. The zero-order valence-electron chi connectivity index (χ0n) is 14.7. The molecule has 0 unspecified atom stereocenters. The van der Waals surface area contributed by atoms with Crippen molar-refractivity contribution >= 4 is 0 Å². The molecule has 0 saturated heterocycles. The Morgan fingerprint density at radius 3 is 2.00 bits per heavy atom. The first kappa shape index (κ1) is 15.6. The van der Waals surface area contributed by atoms with Gasteiger partial charge in [0, 0.05) is 0 Å². The van der Waals surface area contributed by atoms with Crippen molar-refractivity contribution < 1.29 is 0 Å². The first-order valence-corrected chi connectivity index (χ1v) is 8.23. The third-order valence-corrected chi connectivity index (χ3v) is 4.87. The van der Waals surface area contributed by atoms with E-state index in [0.29, 0.717) is 0 Å². The average molecular weight is 300 g/mol. The highest BCUT2D eigenvalue weighted by Gasteiger charge is 2.13. The molecule has 23 heavy (non-hydrogen) atoms. The van der Waals surface area contributed by atoms with E-state index >= 15 is 0 Å². The van der Waals surface area contributed by atoms with Gasteiger partial charge in [0.1, 0.15) is 0 Å². The molecule has 0 fully saturated rings. The lowest BCUT2D eigenvalue weighted by Gasteiger charge is -2.17. The summed E-state index contributed by atoms with van der Waals surface area (Å²) in [6.45, 7) is 11.0. The molecule has 0 nitrogen and oxygen atoms in total. The van der Waals surface area contributed by atoms with Gasteiger partial charge in [-0.15, -0.1) is 0 Å². The van der Waals surface area contributed by atoms with Crippen LogP contribution in [0.1, 0.15) is 27.8 Å². The molecule has 0 saturated carbocycles. The molecule has 0 spiro atoms. The Kier molecular flexibility index (Phi) is 4.09. The van der Waals surface area contributed by atoms with E-state index in [2.05, 4.69) is 89.2 Å². The highest BCUT2D eigenvalue weighted by atomic mass is 14.2. The van der Waals surface area contributed by atoms with Gasteiger partial charge in [-0.1, -0.05) is 60.2 Å². The average Bonchev–Trinajstić information content (AvgIpc) is 2.51. The maximum absolute atomic E-state index is 2.28. The molecule has 0 aliphatic carbocycles. The topological polar surface area (TPSA) is 0 Å². The maximum atomic E-state index is 2.28. The van der Waals surface area contributed by atoms with Crippen molar-refractivity contribution in [3.05, 3.63) is 82.4 Å². The van der Waals surface area contributed by atoms with Crippen LogP contribution in [-0.2, 0) is 0 Å². The highest BCUT2D eigenvalue weighted by molar-refractivity contribution is 5.82. The molecule has 3 aromatic rings. The molecule has 0 atom stereocenters. The Morgan fingerprint density at radius 2 is 1.26 bits per heavy atom. The molecule has 3 rings (SSSR count). The number of aryl methyl sites for hydroxylation is 3. The van der Waals surface area contributed by atoms with Crippen LogP contribution in [0.15, 0.2) is 54.6 Å². The van der Waals surface area contributed by atoms with Gasteiger partial charge in [-0.3, -0.25) is 0 Å². The summed E-state index contributed by atoms with van der Waals surface area (Å²) in [5.74, 6) is 0. The summed E-state index contributed by atoms with van der Waals surface area (Å²) >= 11 is 0.